The average Bonchev–Trinajstić information content (AvgIpc) is 3.13. The van der Waals surface area contributed by atoms with Gasteiger partial charge in [0.25, 0.3) is 5.91 Å². The van der Waals surface area contributed by atoms with Crippen molar-refractivity contribution in [3.05, 3.63) is 53.7 Å². The van der Waals surface area contributed by atoms with E-state index in [1.807, 2.05) is 24.3 Å². The van der Waals surface area contributed by atoms with Gasteiger partial charge < -0.3 is 10.1 Å². The summed E-state index contributed by atoms with van der Waals surface area (Å²) in [7, 11) is 0. The Morgan fingerprint density at radius 1 is 1.30 bits per heavy atom. The fraction of sp³-hybridized carbons (Fsp3) is 0.278. The molecule has 23 heavy (non-hydrogen) atoms. The van der Waals surface area contributed by atoms with Crippen LogP contribution in [-0.4, -0.2) is 30.6 Å². The first-order valence-corrected chi connectivity index (χ1v) is 7.60. The number of hydrogen-bond donors (Lipinski definition) is 1. The summed E-state index contributed by atoms with van der Waals surface area (Å²) in [6.07, 6.45) is 1.00. The summed E-state index contributed by atoms with van der Waals surface area (Å²) in [6.45, 7) is 2.15. The van der Waals surface area contributed by atoms with Gasteiger partial charge in [0.15, 0.2) is 0 Å². The third-order valence-electron chi connectivity index (χ3n) is 3.88. The second kappa shape index (κ2) is 7.03. The summed E-state index contributed by atoms with van der Waals surface area (Å²) in [5.74, 6) is 0.332. The topological polar surface area (TPSA) is 75.0 Å². The van der Waals surface area contributed by atoms with Crippen LogP contribution in [0.2, 0.25) is 0 Å². The fourth-order valence-corrected chi connectivity index (χ4v) is 2.53. The van der Waals surface area contributed by atoms with Gasteiger partial charge in [-0.3, -0.25) is 4.79 Å². The summed E-state index contributed by atoms with van der Waals surface area (Å²) in [6, 6.07) is 14.6. The molecular formula is C18H17N3O2. The maximum Gasteiger partial charge on any atom is 0.251 e. The zero-order valence-electron chi connectivity index (χ0n) is 12.7. The maximum atomic E-state index is 12.1. The first-order chi connectivity index (χ1) is 11.3. The standard InChI is InChI=1S/C18H17N3O2/c19-10-16-2-1-3-17(21-16)14-4-6-15(7-5-14)18(22)20-11-13-8-9-23-12-13/h1-7,13H,8-9,11-12H2,(H,20,22). The Kier molecular flexibility index (Phi) is 4.65. The quantitative estimate of drug-likeness (QED) is 0.941. The van der Waals surface area contributed by atoms with Crippen LogP contribution in [0.4, 0.5) is 0 Å². The number of hydrogen-bond acceptors (Lipinski definition) is 4. The highest BCUT2D eigenvalue weighted by Crippen LogP contribution is 2.18. The number of pyridine rings is 1. The van der Waals surface area contributed by atoms with Gasteiger partial charge in [-0.15, -0.1) is 0 Å². The Morgan fingerprint density at radius 2 is 2.13 bits per heavy atom. The summed E-state index contributed by atoms with van der Waals surface area (Å²) >= 11 is 0. The average molecular weight is 307 g/mol. The van der Waals surface area contributed by atoms with Gasteiger partial charge in [0.1, 0.15) is 11.8 Å². The molecule has 0 saturated carbocycles. The SMILES string of the molecule is N#Cc1cccc(-c2ccc(C(=O)NCC3CCOC3)cc2)n1. The Morgan fingerprint density at radius 3 is 2.83 bits per heavy atom. The third kappa shape index (κ3) is 3.74. The van der Waals surface area contributed by atoms with Gasteiger partial charge in [-0.2, -0.15) is 5.26 Å². The lowest BCUT2D eigenvalue weighted by Crippen LogP contribution is -2.29. The molecule has 1 aliphatic heterocycles. The molecule has 1 unspecified atom stereocenters. The van der Waals surface area contributed by atoms with Gasteiger partial charge in [0, 0.05) is 30.2 Å². The van der Waals surface area contributed by atoms with E-state index in [1.54, 1.807) is 24.3 Å². The van der Waals surface area contributed by atoms with E-state index >= 15 is 0 Å². The molecule has 5 heteroatoms. The third-order valence-corrected chi connectivity index (χ3v) is 3.88. The van der Waals surface area contributed by atoms with Crippen LogP contribution in [0.25, 0.3) is 11.3 Å². The Bertz CT molecular complexity index is 729. The minimum Gasteiger partial charge on any atom is -0.381 e. The second-order valence-electron chi connectivity index (χ2n) is 5.54. The number of nitriles is 1. The van der Waals surface area contributed by atoms with Crippen LogP contribution in [0.15, 0.2) is 42.5 Å². The van der Waals surface area contributed by atoms with Crippen molar-refractivity contribution in [1.29, 1.82) is 5.26 Å². The smallest absolute Gasteiger partial charge is 0.251 e. The Labute approximate surface area is 134 Å². The molecule has 3 rings (SSSR count). The predicted molar refractivity (Wildman–Crippen MR) is 85.6 cm³/mol. The van der Waals surface area contributed by atoms with Crippen LogP contribution < -0.4 is 5.32 Å². The molecule has 116 valence electrons. The molecule has 0 spiro atoms. The lowest BCUT2D eigenvalue weighted by molar-refractivity contribution is 0.0945. The van der Waals surface area contributed by atoms with Crippen molar-refractivity contribution in [3.63, 3.8) is 0 Å². The van der Waals surface area contributed by atoms with Gasteiger partial charge in [0.05, 0.1) is 12.3 Å². The van der Waals surface area contributed by atoms with Crippen molar-refractivity contribution in [2.75, 3.05) is 19.8 Å². The number of ether oxygens (including phenoxy) is 1. The molecular weight excluding hydrogens is 290 g/mol. The normalized spacial score (nSPS) is 16.7. The lowest BCUT2D eigenvalue weighted by Gasteiger charge is -2.10. The lowest BCUT2D eigenvalue weighted by atomic mass is 10.1. The van der Waals surface area contributed by atoms with Crippen molar-refractivity contribution in [2.45, 2.75) is 6.42 Å². The number of nitrogens with one attached hydrogen (secondary N) is 1. The molecule has 1 N–H and O–H groups in total. The molecule has 5 nitrogen and oxygen atoms in total. The Balaban J connectivity index is 1.66. The molecule has 0 bridgehead atoms. The molecule has 1 amide bonds. The maximum absolute atomic E-state index is 12.1. The molecule has 1 saturated heterocycles. The number of amides is 1. The molecule has 1 atom stereocenters. The van der Waals surface area contributed by atoms with Gasteiger partial charge in [0.2, 0.25) is 0 Å². The van der Waals surface area contributed by atoms with Gasteiger partial charge in [-0.05, 0) is 30.7 Å². The highest BCUT2D eigenvalue weighted by Gasteiger charge is 2.16. The van der Waals surface area contributed by atoms with E-state index in [4.69, 9.17) is 10.00 Å². The highest BCUT2D eigenvalue weighted by molar-refractivity contribution is 5.94. The summed E-state index contributed by atoms with van der Waals surface area (Å²) in [5, 5.41) is 11.8. The largest absolute Gasteiger partial charge is 0.381 e. The number of nitrogens with zero attached hydrogens (tertiary/aromatic N) is 2. The van der Waals surface area contributed by atoms with E-state index in [9.17, 15) is 4.79 Å². The molecule has 0 radical (unpaired) electrons. The number of rotatable bonds is 4. The first kappa shape index (κ1) is 15.2. The monoisotopic (exact) mass is 307 g/mol. The van der Waals surface area contributed by atoms with Crippen LogP contribution in [-0.2, 0) is 4.74 Å². The molecule has 2 aromatic rings. The van der Waals surface area contributed by atoms with Crippen LogP contribution in [0.3, 0.4) is 0 Å². The number of carbonyl (C=O) groups is 1. The Hall–Kier alpha value is -2.71. The van der Waals surface area contributed by atoms with Gasteiger partial charge >= 0.3 is 0 Å². The highest BCUT2D eigenvalue weighted by atomic mass is 16.5. The summed E-state index contributed by atoms with van der Waals surface area (Å²) in [5.41, 5.74) is 2.59. The van der Waals surface area contributed by atoms with Crippen LogP contribution in [0.1, 0.15) is 22.5 Å². The molecule has 1 aliphatic rings. The van der Waals surface area contributed by atoms with Crippen molar-refractivity contribution in [3.8, 4) is 17.3 Å². The van der Waals surface area contributed by atoms with Crippen LogP contribution in [0, 0.1) is 17.2 Å². The van der Waals surface area contributed by atoms with Gasteiger partial charge in [-0.25, -0.2) is 4.98 Å². The van der Waals surface area contributed by atoms with E-state index in [1.165, 1.54) is 0 Å². The second-order valence-corrected chi connectivity index (χ2v) is 5.54. The molecule has 0 aliphatic carbocycles. The summed E-state index contributed by atoms with van der Waals surface area (Å²) < 4.78 is 5.30. The zero-order valence-corrected chi connectivity index (χ0v) is 12.7. The van der Waals surface area contributed by atoms with E-state index < -0.39 is 0 Å². The molecule has 1 aromatic carbocycles. The molecule has 1 aromatic heterocycles. The van der Waals surface area contributed by atoms with E-state index in [0.717, 1.165) is 30.9 Å². The minimum absolute atomic E-state index is 0.0813. The van der Waals surface area contributed by atoms with Crippen LogP contribution >= 0.6 is 0 Å². The zero-order chi connectivity index (χ0) is 16.1. The van der Waals surface area contributed by atoms with Gasteiger partial charge in [-0.1, -0.05) is 18.2 Å². The van der Waals surface area contributed by atoms with Crippen molar-refractivity contribution < 1.29 is 9.53 Å². The number of carbonyl (C=O) groups excluding carboxylic acids is 1. The van der Waals surface area contributed by atoms with Crippen molar-refractivity contribution in [2.24, 2.45) is 5.92 Å². The number of aromatic nitrogens is 1. The summed E-state index contributed by atoms with van der Waals surface area (Å²) in [4.78, 5) is 16.4. The van der Waals surface area contributed by atoms with E-state index in [-0.39, 0.29) is 5.91 Å². The number of benzene rings is 1. The minimum atomic E-state index is -0.0813. The molecule has 2 heterocycles. The predicted octanol–water partition coefficient (Wildman–Crippen LogP) is 2.39. The van der Waals surface area contributed by atoms with Crippen molar-refractivity contribution >= 4 is 5.91 Å². The van der Waals surface area contributed by atoms with E-state index in [2.05, 4.69) is 10.3 Å². The first-order valence-electron chi connectivity index (χ1n) is 7.60. The van der Waals surface area contributed by atoms with Crippen LogP contribution in [0.5, 0.6) is 0 Å². The fourth-order valence-electron chi connectivity index (χ4n) is 2.53. The molecule has 1 fully saturated rings. The van der Waals surface area contributed by atoms with E-state index in [0.29, 0.717) is 23.7 Å². The van der Waals surface area contributed by atoms with Crippen molar-refractivity contribution in [1.82, 2.24) is 10.3 Å².